The molecule has 2 N–H and O–H groups in total. The Morgan fingerprint density at radius 2 is 1.87 bits per heavy atom. The van der Waals surface area contributed by atoms with Crippen molar-refractivity contribution in [2.45, 2.75) is 26.9 Å². The van der Waals surface area contributed by atoms with Crippen molar-refractivity contribution in [3.63, 3.8) is 0 Å². The second-order valence-corrected chi connectivity index (χ2v) is 7.54. The summed E-state index contributed by atoms with van der Waals surface area (Å²) >= 11 is 0. The van der Waals surface area contributed by atoms with Gasteiger partial charge in [-0.05, 0) is 36.7 Å². The number of hydrogen-bond acceptors (Lipinski definition) is 5. The number of methoxy groups -OCH3 is 1. The fourth-order valence-corrected chi connectivity index (χ4v) is 3.58. The number of aryl methyl sites for hydroxylation is 1. The summed E-state index contributed by atoms with van der Waals surface area (Å²) in [6.45, 7) is 11.0. The van der Waals surface area contributed by atoms with E-state index >= 15 is 0 Å². The van der Waals surface area contributed by atoms with Crippen LogP contribution in [0.4, 0.5) is 5.82 Å². The van der Waals surface area contributed by atoms with E-state index in [2.05, 4.69) is 68.5 Å². The molecular weight excluding hydrogens is 376 g/mol. The van der Waals surface area contributed by atoms with Gasteiger partial charge in [0.2, 0.25) is 0 Å². The largest absolute Gasteiger partial charge is 0.496 e. The molecule has 1 aliphatic heterocycles. The Morgan fingerprint density at radius 3 is 2.50 bits per heavy atom. The summed E-state index contributed by atoms with van der Waals surface area (Å²) in [5, 5.41) is 6.70. The number of likely N-dealkylation sites (N-methyl/N-ethyl adjacent to an activating group) is 1. The Labute approximate surface area is 180 Å². The summed E-state index contributed by atoms with van der Waals surface area (Å²) in [4.78, 5) is 13.8. The van der Waals surface area contributed by atoms with Crippen LogP contribution in [0.15, 0.2) is 41.5 Å². The molecule has 1 saturated heterocycles. The van der Waals surface area contributed by atoms with Crippen molar-refractivity contribution in [2.24, 2.45) is 4.99 Å². The Balaban J connectivity index is 1.49. The van der Waals surface area contributed by atoms with Crippen molar-refractivity contribution < 1.29 is 4.74 Å². The molecule has 0 spiro atoms. The molecule has 3 rings (SSSR count). The Hall–Kier alpha value is -2.80. The van der Waals surface area contributed by atoms with Gasteiger partial charge in [0.15, 0.2) is 5.96 Å². The van der Waals surface area contributed by atoms with Gasteiger partial charge in [0.25, 0.3) is 0 Å². The van der Waals surface area contributed by atoms with E-state index in [0.29, 0.717) is 13.1 Å². The minimum absolute atomic E-state index is 0.643. The summed E-state index contributed by atoms with van der Waals surface area (Å²) in [5.74, 6) is 2.69. The summed E-state index contributed by atoms with van der Waals surface area (Å²) in [6.07, 6.45) is 1.95. The predicted molar refractivity (Wildman–Crippen MR) is 123 cm³/mol. The van der Waals surface area contributed by atoms with Crippen molar-refractivity contribution in [3.8, 4) is 5.75 Å². The third-order valence-corrected chi connectivity index (χ3v) is 5.53. The molecule has 0 aliphatic carbocycles. The highest BCUT2D eigenvalue weighted by Crippen LogP contribution is 2.19. The van der Waals surface area contributed by atoms with Crippen LogP contribution in [0.3, 0.4) is 0 Å². The molecule has 0 atom stereocenters. The SMILES string of the molecule is CCN1CCN(c2ccc(CNC(=NC)NCc3ccc(C)cc3OC)cn2)CC1. The summed E-state index contributed by atoms with van der Waals surface area (Å²) in [5.41, 5.74) is 3.41. The first-order chi connectivity index (χ1) is 14.6. The Bertz CT molecular complexity index is 828. The van der Waals surface area contributed by atoms with Gasteiger partial charge in [-0.25, -0.2) is 4.98 Å². The van der Waals surface area contributed by atoms with Crippen LogP contribution in [0, 0.1) is 6.92 Å². The van der Waals surface area contributed by atoms with Gasteiger partial charge in [-0.1, -0.05) is 25.1 Å². The van der Waals surface area contributed by atoms with Gasteiger partial charge in [0.05, 0.1) is 7.11 Å². The van der Waals surface area contributed by atoms with E-state index < -0.39 is 0 Å². The van der Waals surface area contributed by atoms with E-state index in [1.807, 2.05) is 12.3 Å². The van der Waals surface area contributed by atoms with Crippen LogP contribution in [0.25, 0.3) is 0 Å². The minimum Gasteiger partial charge on any atom is -0.496 e. The standard InChI is InChI=1S/C23H34N6O/c1-5-28-10-12-29(13-11-28)22-9-7-19(15-25-22)16-26-23(24-3)27-17-20-8-6-18(2)14-21(20)30-4/h6-9,14-15H,5,10-13,16-17H2,1-4H3,(H2,24,26,27). The third-order valence-electron chi connectivity index (χ3n) is 5.53. The number of anilines is 1. The predicted octanol–water partition coefficient (Wildman–Crippen LogP) is 2.41. The van der Waals surface area contributed by atoms with E-state index in [9.17, 15) is 0 Å². The molecule has 2 heterocycles. The number of ether oxygens (including phenoxy) is 1. The second-order valence-electron chi connectivity index (χ2n) is 7.54. The van der Waals surface area contributed by atoms with Gasteiger partial charge in [-0.2, -0.15) is 0 Å². The van der Waals surface area contributed by atoms with Crippen LogP contribution < -0.4 is 20.3 Å². The molecule has 7 nitrogen and oxygen atoms in total. The lowest BCUT2D eigenvalue weighted by Gasteiger charge is -2.34. The van der Waals surface area contributed by atoms with Crippen molar-refractivity contribution in [1.82, 2.24) is 20.5 Å². The fourth-order valence-electron chi connectivity index (χ4n) is 3.58. The first kappa shape index (κ1) is 21.9. The molecule has 7 heteroatoms. The molecule has 30 heavy (non-hydrogen) atoms. The quantitative estimate of drug-likeness (QED) is 0.540. The molecular formula is C23H34N6O. The van der Waals surface area contributed by atoms with Crippen molar-refractivity contribution in [3.05, 3.63) is 53.2 Å². The summed E-state index contributed by atoms with van der Waals surface area (Å²) in [7, 11) is 3.48. The molecule has 162 valence electrons. The van der Waals surface area contributed by atoms with Gasteiger partial charge in [-0.3, -0.25) is 4.99 Å². The second kappa shape index (κ2) is 10.8. The lowest BCUT2D eigenvalue weighted by atomic mass is 10.1. The molecule has 1 aromatic carbocycles. The van der Waals surface area contributed by atoms with Gasteiger partial charge in [-0.15, -0.1) is 0 Å². The van der Waals surface area contributed by atoms with Gasteiger partial charge in [0, 0.05) is 58.1 Å². The van der Waals surface area contributed by atoms with Gasteiger partial charge < -0.3 is 25.2 Å². The van der Waals surface area contributed by atoms with Crippen molar-refractivity contribution in [2.75, 3.05) is 51.8 Å². The number of benzene rings is 1. The topological polar surface area (TPSA) is 65.0 Å². The maximum Gasteiger partial charge on any atom is 0.191 e. The lowest BCUT2D eigenvalue weighted by molar-refractivity contribution is 0.270. The van der Waals surface area contributed by atoms with Crippen molar-refractivity contribution in [1.29, 1.82) is 0 Å². The number of pyridine rings is 1. The molecule has 2 aromatic rings. The molecule has 1 fully saturated rings. The normalized spacial score (nSPS) is 15.2. The number of rotatable bonds is 7. The van der Waals surface area contributed by atoms with E-state index in [1.165, 1.54) is 5.56 Å². The van der Waals surface area contributed by atoms with Crippen LogP contribution in [0.1, 0.15) is 23.6 Å². The number of nitrogens with zero attached hydrogens (tertiary/aromatic N) is 4. The average molecular weight is 411 g/mol. The molecule has 1 aliphatic rings. The van der Waals surface area contributed by atoms with E-state index in [0.717, 1.165) is 61.4 Å². The van der Waals surface area contributed by atoms with Crippen LogP contribution in [-0.4, -0.2) is 62.7 Å². The lowest BCUT2D eigenvalue weighted by Crippen LogP contribution is -2.46. The smallest absolute Gasteiger partial charge is 0.191 e. The first-order valence-corrected chi connectivity index (χ1v) is 10.6. The molecule has 0 amide bonds. The Morgan fingerprint density at radius 1 is 1.10 bits per heavy atom. The van der Waals surface area contributed by atoms with Crippen molar-refractivity contribution >= 4 is 11.8 Å². The van der Waals surface area contributed by atoms with Crippen LogP contribution in [0.2, 0.25) is 0 Å². The van der Waals surface area contributed by atoms with Crippen LogP contribution in [-0.2, 0) is 13.1 Å². The zero-order chi connectivity index (χ0) is 21.3. The fraction of sp³-hybridized carbons (Fsp3) is 0.478. The van der Waals surface area contributed by atoms with Gasteiger partial charge >= 0.3 is 0 Å². The first-order valence-electron chi connectivity index (χ1n) is 10.6. The third kappa shape index (κ3) is 5.86. The average Bonchev–Trinajstić information content (AvgIpc) is 2.80. The van der Waals surface area contributed by atoms with Gasteiger partial charge in [0.1, 0.15) is 11.6 Å². The summed E-state index contributed by atoms with van der Waals surface area (Å²) in [6, 6.07) is 10.5. The highest BCUT2D eigenvalue weighted by atomic mass is 16.5. The highest BCUT2D eigenvalue weighted by Gasteiger charge is 2.16. The number of aliphatic imine (C=N–C) groups is 1. The highest BCUT2D eigenvalue weighted by molar-refractivity contribution is 5.79. The number of piperazine rings is 1. The zero-order valence-electron chi connectivity index (χ0n) is 18.6. The van der Waals surface area contributed by atoms with E-state index in [-0.39, 0.29) is 0 Å². The Kier molecular flexibility index (Phi) is 7.90. The molecule has 0 radical (unpaired) electrons. The van der Waals surface area contributed by atoms with Crippen LogP contribution >= 0.6 is 0 Å². The van der Waals surface area contributed by atoms with E-state index in [4.69, 9.17) is 4.74 Å². The number of aromatic nitrogens is 1. The maximum atomic E-state index is 5.48. The number of nitrogens with one attached hydrogen (secondary N) is 2. The van der Waals surface area contributed by atoms with Crippen LogP contribution in [0.5, 0.6) is 5.75 Å². The number of guanidine groups is 1. The number of hydrogen-bond donors (Lipinski definition) is 2. The summed E-state index contributed by atoms with van der Waals surface area (Å²) < 4.78 is 5.48. The van der Waals surface area contributed by atoms with E-state index in [1.54, 1.807) is 14.2 Å². The molecule has 1 aromatic heterocycles. The molecule has 0 saturated carbocycles. The maximum absolute atomic E-state index is 5.48. The minimum atomic E-state index is 0.643. The molecule has 0 unspecified atom stereocenters. The monoisotopic (exact) mass is 410 g/mol. The molecule has 0 bridgehead atoms. The zero-order valence-corrected chi connectivity index (χ0v) is 18.6.